The molecule has 0 aliphatic carbocycles. The van der Waals surface area contributed by atoms with Crippen LogP contribution in [-0.4, -0.2) is 48.3 Å². The zero-order valence-electron chi connectivity index (χ0n) is 14.3. The summed E-state index contributed by atoms with van der Waals surface area (Å²) in [6.07, 6.45) is 7.59. The number of amides is 1. The van der Waals surface area contributed by atoms with E-state index in [0.717, 1.165) is 18.8 Å². The van der Waals surface area contributed by atoms with Crippen LogP contribution >= 0.6 is 0 Å². The van der Waals surface area contributed by atoms with Crippen LogP contribution in [0.2, 0.25) is 0 Å². The smallest absolute Gasteiger partial charge is 0.269 e. The third-order valence-electron chi connectivity index (χ3n) is 4.70. The molecule has 1 aromatic rings. The highest BCUT2D eigenvalue weighted by Crippen LogP contribution is 2.27. The number of benzene rings is 1. The molecule has 0 spiro atoms. The van der Waals surface area contributed by atoms with Crippen LogP contribution in [0.5, 0.6) is 0 Å². The van der Waals surface area contributed by atoms with Crippen molar-refractivity contribution in [2.75, 3.05) is 26.3 Å². The summed E-state index contributed by atoms with van der Waals surface area (Å²) in [4.78, 5) is 17.0. The van der Waals surface area contributed by atoms with Crippen molar-refractivity contribution in [1.29, 1.82) is 0 Å². The number of allylic oxidation sites excluding steroid dienone is 3. The highest BCUT2D eigenvalue weighted by molar-refractivity contribution is 5.94. The molecule has 1 unspecified atom stereocenters. The summed E-state index contributed by atoms with van der Waals surface area (Å²) in [7, 11) is 0. The molecule has 1 amide bonds. The van der Waals surface area contributed by atoms with Crippen LogP contribution in [0, 0.1) is 5.82 Å². The van der Waals surface area contributed by atoms with E-state index in [2.05, 4.69) is 15.5 Å². The minimum atomic E-state index is -0.321. The van der Waals surface area contributed by atoms with Crippen LogP contribution in [0.15, 0.2) is 60.1 Å². The summed E-state index contributed by atoms with van der Waals surface area (Å²) < 4.78 is 19.2. The van der Waals surface area contributed by atoms with E-state index in [1.165, 1.54) is 6.07 Å². The molecule has 1 fully saturated rings. The Kier molecular flexibility index (Phi) is 4.73. The lowest BCUT2D eigenvalue weighted by atomic mass is 10.2. The number of halogens is 1. The molecule has 0 aromatic heterocycles. The van der Waals surface area contributed by atoms with Crippen LogP contribution in [0.25, 0.3) is 0 Å². The van der Waals surface area contributed by atoms with Crippen LogP contribution in [-0.2, 0) is 16.1 Å². The van der Waals surface area contributed by atoms with Gasteiger partial charge in [-0.2, -0.15) is 0 Å². The number of morpholine rings is 1. The van der Waals surface area contributed by atoms with Crippen molar-refractivity contribution < 1.29 is 13.9 Å². The summed E-state index contributed by atoms with van der Waals surface area (Å²) in [5.41, 5.74) is 1.78. The molecule has 1 aromatic carbocycles. The van der Waals surface area contributed by atoms with Gasteiger partial charge in [0, 0.05) is 31.4 Å². The predicted molar refractivity (Wildman–Crippen MR) is 94.7 cm³/mol. The monoisotopic (exact) mass is 356 g/mol. The molecule has 26 heavy (non-hydrogen) atoms. The number of hydrogen-bond acceptors (Lipinski definition) is 5. The second kappa shape index (κ2) is 7.31. The highest BCUT2D eigenvalue weighted by Gasteiger charge is 2.36. The molecular formula is C19H21FN4O2. The quantitative estimate of drug-likeness (QED) is 0.851. The number of hydrogen-bond donors (Lipinski definition) is 2. The van der Waals surface area contributed by atoms with Gasteiger partial charge in [0.05, 0.1) is 18.9 Å². The molecule has 3 aliphatic rings. The van der Waals surface area contributed by atoms with Gasteiger partial charge in [-0.05, 0) is 18.2 Å². The van der Waals surface area contributed by atoms with Gasteiger partial charge in [0.2, 0.25) is 0 Å². The molecule has 6 nitrogen and oxygen atoms in total. The van der Waals surface area contributed by atoms with E-state index in [4.69, 9.17) is 4.74 Å². The fraction of sp³-hybridized carbons (Fsp3) is 0.316. The standard InChI is InChI=1S/C19H21FN4O2/c20-15-6-2-1-5-14(15)13-21-18(25)17-16-7-3-4-8-24(16)19(22-17)23-9-11-26-12-10-23/h1-8,19,22H,9-13H2,(H,21,25). The average Bonchev–Trinajstić information content (AvgIpc) is 3.08. The molecule has 0 bridgehead atoms. The van der Waals surface area contributed by atoms with Gasteiger partial charge >= 0.3 is 0 Å². The lowest BCUT2D eigenvalue weighted by Gasteiger charge is -2.37. The minimum Gasteiger partial charge on any atom is -0.379 e. The highest BCUT2D eigenvalue weighted by atomic mass is 19.1. The maximum atomic E-state index is 13.8. The fourth-order valence-electron chi connectivity index (χ4n) is 3.33. The van der Waals surface area contributed by atoms with Gasteiger partial charge < -0.3 is 20.3 Å². The van der Waals surface area contributed by atoms with Gasteiger partial charge in [0.15, 0.2) is 6.29 Å². The molecule has 3 aliphatic heterocycles. The first kappa shape index (κ1) is 16.8. The Morgan fingerprint density at radius 1 is 1.27 bits per heavy atom. The fourth-order valence-corrected chi connectivity index (χ4v) is 3.33. The molecule has 136 valence electrons. The van der Waals surface area contributed by atoms with Gasteiger partial charge in [-0.3, -0.25) is 9.69 Å². The van der Waals surface area contributed by atoms with Gasteiger partial charge in [0.1, 0.15) is 11.5 Å². The zero-order valence-corrected chi connectivity index (χ0v) is 14.3. The number of rotatable bonds is 4. The summed E-state index contributed by atoms with van der Waals surface area (Å²) in [5.74, 6) is -0.567. The Balaban J connectivity index is 1.49. The van der Waals surface area contributed by atoms with Crippen molar-refractivity contribution in [2.45, 2.75) is 12.8 Å². The molecule has 2 N–H and O–H groups in total. The maximum Gasteiger partial charge on any atom is 0.269 e. The Morgan fingerprint density at radius 2 is 2.08 bits per heavy atom. The first-order valence-corrected chi connectivity index (χ1v) is 8.71. The van der Waals surface area contributed by atoms with Crippen LogP contribution in [0.3, 0.4) is 0 Å². The number of carbonyl (C=O) groups is 1. The third-order valence-corrected chi connectivity index (χ3v) is 4.70. The Bertz CT molecular complexity index is 783. The van der Waals surface area contributed by atoms with E-state index in [1.54, 1.807) is 18.2 Å². The topological polar surface area (TPSA) is 56.8 Å². The number of nitrogens with zero attached hydrogens (tertiary/aromatic N) is 2. The van der Waals surface area contributed by atoms with Gasteiger partial charge in [-0.25, -0.2) is 4.39 Å². The Labute approximate surface area is 151 Å². The molecule has 4 rings (SSSR count). The van der Waals surface area contributed by atoms with Crippen LogP contribution < -0.4 is 10.6 Å². The molecule has 1 saturated heterocycles. The summed E-state index contributed by atoms with van der Waals surface area (Å²) in [6.45, 7) is 3.09. The zero-order chi connectivity index (χ0) is 17.9. The van der Waals surface area contributed by atoms with Crippen molar-refractivity contribution in [1.82, 2.24) is 20.4 Å². The molecule has 7 heteroatoms. The first-order valence-electron chi connectivity index (χ1n) is 8.71. The average molecular weight is 356 g/mol. The van der Waals surface area contributed by atoms with E-state index in [1.807, 2.05) is 29.3 Å². The summed E-state index contributed by atoms with van der Waals surface area (Å²) >= 11 is 0. The minimum absolute atomic E-state index is 0.121. The second-order valence-corrected chi connectivity index (χ2v) is 6.31. The van der Waals surface area contributed by atoms with E-state index < -0.39 is 0 Å². The number of carbonyl (C=O) groups excluding carboxylic acids is 1. The largest absolute Gasteiger partial charge is 0.379 e. The van der Waals surface area contributed by atoms with Crippen molar-refractivity contribution >= 4 is 5.91 Å². The van der Waals surface area contributed by atoms with Crippen LogP contribution in [0.4, 0.5) is 4.39 Å². The van der Waals surface area contributed by atoms with E-state index in [0.29, 0.717) is 24.5 Å². The Hall–Kier alpha value is -2.64. The van der Waals surface area contributed by atoms with E-state index in [9.17, 15) is 9.18 Å². The van der Waals surface area contributed by atoms with Crippen molar-refractivity contribution in [3.8, 4) is 0 Å². The van der Waals surface area contributed by atoms with Crippen molar-refractivity contribution in [2.24, 2.45) is 0 Å². The number of fused-ring (bicyclic) bond motifs is 1. The Morgan fingerprint density at radius 3 is 2.88 bits per heavy atom. The number of ether oxygens (including phenoxy) is 1. The van der Waals surface area contributed by atoms with Gasteiger partial charge in [-0.1, -0.05) is 24.3 Å². The molecule has 3 heterocycles. The molecule has 0 radical (unpaired) electrons. The third kappa shape index (κ3) is 3.23. The summed E-state index contributed by atoms with van der Waals surface area (Å²) in [6, 6.07) is 6.45. The lowest BCUT2D eigenvalue weighted by Crippen LogP contribution is -2.54. The second-order valence-electron chi connectivity index (χ2n) is 6.31. The molecular weight excluding hydrogens is 335 g/mol. The predicted octanol–water partition coefficient (Wildman–Crippen LogP) is 1.26. The summed E-state index contributed by atoms with van der Waals surface area (Å²) in [5, 5.41) is 6.13. The van der Waals surface area contributed by atoms with Crippen molar-refractivity contribution in [3.05, 3.63) is 71.5 Å². The SMILES string of the molecule is O=C(NCc1ccccc1F)C1=C2C=CC=CN2C(N2CCOCC2)N1. The van der Waals surface area contributed by atoms with Gasteiger partial charge in [-0.15, -0.1) is 0 Å². The molecule has 0 saturated carbocycles. The normalized spacial score (nSPS) is 22.3. The van der Waals surface area contributed by atoms with E-state index in [-0.39, 0.29) is 24.6 Å². The van der Waals surface area contributed by atoms with Gasteiger partial charge in [0.25, 0.3) is 5.91 Å². The number of nitrogens with one attached hydrogen (secondary N) is 2. The lowest BCUT2D eigenvalue weighted by molar-refractivity contribution is -0.118. The molecule has 1 atom stereocenters. The van der Waals surface area contributed by atoms with Crippen LogP contribution in [0.1, 0.15) is 5.56 Å². The van der Waals surface area contributed by atoms with Crippen molar-refractivity contribution in [3.63, 3.8) is 0 Å². The van der Waals surface area contributed by atoms with E-state index >= 15 is 0 Å². The maximum absolute atomic E-state index is 13.8. The first-order chi connectivity index (χ1) is 12.7.